The van der Waals surface area contributed by atoms with Crippen molar-refractivity contribution in [2.75, 3.05) is 7.11 Å². The molecule has 1 saturated carbocycles. The fourth-order valence-electron chi connectivity index (χ4n) is 2.73. The van der Waals surface area contributed by atoms with Crippen molar-refractivity contribution in [2.24, 2.45) is 0 Å². The second-order valence-electron chi connectivity index (χ2n) is 4.55. The molecule has 1 heterocycles. The van der Waals surface area contributed by atoms with Gasteiger partial charge in [0.25, 0.3) is 0 Å². The molecule has 3 rings (SSSR count). The lowest BCUT2D eigenvalue weighted by Gasteiger charge is -2.04. The summed E-state index contributed by atoms with van der Waals surface area (Å²) in [5.74, 6) is 0.927. The van der Waals surface area contributed by atoms with Crippen LogP contribution in [0, 0.1) is 0 Å². The van der Waals surface area contributed by atoms with Crippen LogP contribution in [0.2, 0.25) is 0 Å². The van der Waals surface area contributed by atoms with Gasteiger partial charge < -0.3 is 9.47 Å². The third-order valence-corrected chi connectivity index (χ3v) is 3.62. The summed E-state index contributed by atoms with van der Waals surface area (Å²) >= 11 is 0. The maximum absolute atomic E-state index is 5.90. The molecule has 2 fully saturated rings. The van der Waals surface area contributed by atoms with Gasteiger partial charge in [-0.1, -0.05) is 25.0 Å². The fraction of sp³-hybridized carbons (Fsp3) is 0.538. The summed E-state index contributed by atoms with van der Waals surface area (Å²) < 4.78 is 11.1. The van der Waals surface area contributed by atoms with Crippen molar-refractivity contribution in [1.82, 2.24) is 0 Å². The van der Waals surface area contributed by atoms with Gasteiger partial charge in [0.15, 0.2) is 0 Å². The zero-order valence-corrected chi connectivity index (χ0v) is 9.03. The lowest BCUT2D eigenvalue weighted by atomic mass is 9.98. The molecule has 2 aliphatic rings. The van der Waals surface area contributed by atoms with Crippen molar-refractivity contribution in [3.8, 4) is 5.75 Å². The molecule has 1 aliphatic heterocycles. The summed E-state index contributed by atoms with van der Waals surface area (Å²) in [4.78, 5) is 0. The lowest BCUT2D eigenvalue weighted by molar-refractivity contribution is 0.297. The van der Waals surface area contributed by atoms with Crippen molar-refractivity contribution in [1.29, 1.82) is 0 Å². The first-order valence-electron chi connectivity index (χ1n) is 5.66. The van der Waals surface area contributed by atoms with E-state index in [1.54, 1.807) is 7.11 Å². The number of rotatable bonds is 2. The molecule has 2 nitrogen and oxygen atoms in total. The Bertz CT molecular complexity index is 367. The highest BCUT2D eigenvalue weighted by Gasteiger charge is 2.57. The van der Waals surface area contributed by atoms with Gasteiger partial charge in [-0.05, 0) is 30.5 Å². The first kappa shape index (κ1) is 9.22. The molecule has 1 aliphatic carbocycles. The van der Waals surface area contributed by atoms with E-state index in [1.807, 2.05) is 12.1 Å². The van der Waals surface area contributed by atoms with Gasteiger partial charge in [0, 0.05) is 0 Å². The van der Waals surface area contributed by atoms with Gasteiger partial charge in [0.05, 0.1) is 12.7 Å². The van der Waals surface area contributed by atoms with Crippen LogP contribution in [-0.4, -0.2) is 12.7 Å². The second-order valence-corrected chi connectivity index (χ2v) is 4.55. The van der Waals surface area contributed by atoms with Crippen LogP contribution in [0.25, 0.3) is 0 Å². The van der Waals surface area contributed by atoms with E-state index in [4.69, 9.17) is 9.47 Å². The lowest BCUT2D eigenvalue weighted by Crippen LogP contribution is -2.04. The summed E-state index contributed by atoms with van der Waals surface area (Å²) in [6, 6.07) is 8.25. The van der Waals surface area contributed by atoms with Gasteiger partial charge in [-0.25, -0.2) is 0 Å². The van der Waals surface area contributed by atoms with Gasteiger partial charge in [0.2, 0.25) is 0 Å². The third kappa shape index (κ3) is 1.44. The molecule has 0 N–H and O–H groups in total. The summed E-state index contributed by atoms with van der Waals surface area (Å²) in [7, 11) is 1.71. The Balaban J connectivity index is 1.83. The van der Waals surface area contributed by atoms with Crippen LogP contribution in [0.5, 0.6) is 5.75 Å². The second kappa shape index (κ2) is 3.24. The minimum atomic E-state index is 0.201. The van der Waals surface area contributed by atoms with E-state index in [2.05, 4.69) is 12.1 Å². The molecule has 1 atom stereocenters. The fourth-order valence-corrected chi connectivity index (χ4v) is 2.73. The summed E-state index contributed by atoms with van der Waals surface area (Å²) in [5.41, 5.74) is 1.48. The van der Waals surface area contributed by atoms with Crippen molar-refractivity contribution in [3.63, 3.8) is 0 Å². The first-order chi connectivity index (χ1) is 7.34. The van der Waals surface area contributed by atoms with E-state index in [1.165, 1.54) is 31.2 Å². The van der Waals surface area contributed by atoms with Gasteiger partial charge in [-0.2, -0.15) is 0 Å². The molecular weight excluding hydrogens is 188 g/mol. The van der Waals surface area contributed by atoms with Gasteiger partial charge in [-0.3, -0.25) is 0 Å². The van der Waals surface area contributed by atoms with Gasteiger partial charge in [-0.15, -0.1) is 0 Å². The predicted octanol–water partition coefficient (Wildman–Crippen LogP) is 3.08. The molecule has 1 unspecified atom stereocenters. The molecular formula is C13H16O2. The third-order valence-electron chi connectivity index (χ3n) is 3.62. The zero-order valence-electron chi connectivity index (χ0n) is 9.03. The van der Waals surface area contributed by atoms with Crippen molar-refractivity contribution >= 4 is 0 Å². The van der Waals surface area contributed by atoms with Crippen LogP contribution in [0.1, 0.15) is 37.4 Å². The van der Waals surface area contributed by atoms with Crippen molar-refractivity contribution in [3.05, 3.63) is 29.8 Å². The van der Waals surface area contributed by atoms with Crippen LogP contribution < -0.4 is 4.74 Å². The standard InChI is InChI=1S/C13H16O2/c1-14-11-6-4-5-10(9-11)12-13(15-12)7-2-3-8-13/h4-6,9,12H,2-3,7-8H2,1H3. The minimum Gasteiger partial charge on any atom is -0.497 e. The van der Waals surface area contributed by atoms with E-state index in [9.17, 15) is 0 Å². The Hall–Kier alpha value is -1.02. The number of hydrogen-bond donors (Lipinski definition) is 0. The number of methoxy groups -OCH3 is 1. The zero-order chi connectivity index (χ0) is 10.3. The van der Waals surface area contributed by atoms with Gasteiger partial charge >= 0.3 is 0 Å². The maximum Gasteiger partial charge on any atom is 0.119 e. The Morgan fingerprint density at radius 2 is 2.13 bits per heavy atom. The highest BCUT2D eigenvalue weighted by Crippen LogP contribution is 2.58. The molecule has 15 heavy (non-hydrogen) atoms. The molecule has 2 heteroatoms. The Labute approximate surface area is 90.2 Å². The van der Waals surface area contributed by atoms with Gasteiger partial charge in [0.1, 0.15) is 11.9 Å². The molecule has 0 aromatic heterocycles. The average molecular weight is 204 g/mol. The predicted molar refractivity (Wildman–Crippen MR) is 58.0 cm³/mol. The van der Waals surface area contributed by atoms with E-state index in [-0.39, 0.29) is 5.60 Å². The first-order valence-corrected chi connectivity index (χ1v) is 5.66. The number of ether oxygens (including phenoxy) is 2. The Kier molecular flexibility index (Phi) is 1.99. The largest absolute Gasteiger partial charge is 0.497 e. The summed E-state index contributed by atoms with van der Waals surface area (Å²) in [6.45, 7) is 0. The monoisotopic (exact) mass is 204 g/mol. The Morgan fingerprint density at radius 1 is 1.33 bits per heavy atom. The number of benzene rings is 1. The molecule has 1 saturated heterocycles. The van der Waals surface area contributed by atoms with E-state index < -0.39 is 0 Å². The van der Waals surface area contributed by atoms with Crippen LogP contribution in [-0.2, 0) is 4.74 Å². The summed E-state index contributed by atoms with van der Waals surface area (Å²) in [5, 5.41) is 0. The number of epoxide rings is 1. The normalized spacial score (nSPS) is 26.9. The molecule has 0 bridgehead atoms. The van der Waals surface area contributed by atoms with Crippen molar-refractivity contribution < 1.29 is 9.47 Å². The smallest absolute Gasteiger partial charge is 0.119 e. The van der Waals surface area contributed by atoms with E-state index in [0.29, 0.717) is 6.10 Å². The number of hydrogen-bond acceptors (Lipinski definition) is 2. The molecule has 1 spiro atoms. The van der Waals surface area contributed by atoms with Crippen LogP contribution in [0.3, 0.4) is 0 Å². The molecule has 0 amide bonds. The van der Waals surface area contributed by atoms with Crippen LogP contribution in [0.15, 0.2) is 24.3 Å². The molecule has 1 aromatic rings. The van der Waals surface area contributed by atoms with E-state index >= 15 is 0 Å². The maximum atomic E-state index is 5.90. The Morgan fingerprint density at radius 3 is 2.87 bits per heavy atom. The highest BCUT2D eigenvalue weighted by molar-refractivity contribution is 5.34. The molecule has 1 aromatic carbocycles. The summed E-state index contributed by atoms with van der Waals surface area (Å²) in [6.07, 6.45) is 5.43. The average Bonchev–Trinajstić information content (AvgIpc) is 2.77. The quantitative estimate of drug-likeness (QED) is 0.690. The van der Waals surface area contributed by atoms with E-state index in [0.717, 1.165) is 5.75 Å². The van der Waals surface area contributed by atoms with Crippen molar-refractivity contribution in [2.45, 2.75) is 37.4 Å². The molecule has 0 radical (unpaired) electrons. The molecule has 80 valence electrons. The van der Waals surface area contributed by atoms with Crippen LogP contribution >= 0.6 is 0 Å². The van der Waals surface area contributed by atoms with Crippen LogP contribution in [0.4, 0.5) is 0 Å². The topological polar surface area (TPSA) is 21.8 Å². The highest BCUT2D eigenvalue weighted by atomic mass is 16.6. The minimum absolute atomic E-state index is 0.201. The SMILES string of the molecule is COc1cccc(C2OC23CCCC3)c1.